The Bertz CT molecular complexity index is 1190. The highest BCUT2D eigenvalue weighted by Gasteiger charge is 2.34. The van der Waals surface area contributed by atoms with Gasteiger partial charge in [-0.05, 0) is 30.2 Å². The molecule has 5 rings (SSSR count). The smallest absolute Gasteiger partial charge is 0.232 e. The van der Waals surface area contributed by atoms with E-state index in [4.69, 9.17) is 4.74 Å². The average molecular weight is 398 g/mol. The molecule has 2 aromatic carbocycles. The third kappa shape index (κ3) is 3.01. The van der Waals surface area contributed by atoms with E-state index in [1.54, 1.807) is 0 Å². The summed E-state index contributed by atoms with van der Waals surface area (Å²) in [6, 6.07) is 20.9. The number of nitrogens with zero attached hydrogens (tertiary/aromatic N) is 3. The molecule has 6 heteroatoms. The molecule has 1 aliphatic heterocycles. The predicted octanol–water partition coefficient (Wildman–Crippen LogP) is 4.48. The van der Waals surface area contributed by atoms with E-state index in [-0.39, 0.29) is 17.9 Å². The first-order chi connectivity index (χ1) is 14.6. The summed E-state index contributed by atoms with van der Waals surface area (Å²) in [6.45, 7) is 4.14. The second kappa shape index (κ2) is 7.30. The third-order valence-electron chi connectivity index (χ3n) is 5.52. The molecule has 0 saturated heterocycles. The summed E-state index contributed by atoms with van der Waals surface area (Å²) in [5, 5.41) is 11.9. The molecule has 2 aromatic heterocycles. The highest BCUT2D eigenvalue weighted by atomic mass is 16.5. The van der Waals surface area contributed by atoms with E-state index in [0.717, 1.165) is 22.6 Å². The summed E-state index contributed by atoms with van der Waals surface area (Å²) in [5.41, 5.74) is 2.48. The van der Waals surface area contributed by atoms with Crippen LogP contribution >= 0.6 is 0 Å². The van der Waals surface area contributed by atoms with Crippen molar-refractivity contribution in [1.82, 2.24) is 19.9 Å². The number of para-hydroxylation sites is 2. The van der Waals surface area contributed by atoms with Crippen LogP contribution in [0.15, 0.2) is 72.9 Å². The lowest BCUT2D eigenvalue weighted by molar-refractivity contribution is -0.123. The summed E-state index contributed by atoms with van der Waals surface area (Å²) in [4.78, 5) is 13.6. The quantitative estimate of drug-likeness (QED) is 0.550. The van der Waals surface area contributed by atoms with E-state index in [1.807, 2.05) is 77.3 Å². The van der Waals surface area contributed by atoms with Crippen LogP contribution in [0.2, 0.25) is 0 Å². The number of aromatic nitrogens is 3. The Hall–Kier alpha value is -3.67. The van der Waals surface area contributed by atoms with E-state index in [1.165, 1.54) is 0 Å². The normalized spacial score (nSPS) is 14.1. The summed E-state index contributed by atoms with van der Waals surface area (Å²) < 4.78 is 7.96. The molecule has 0 spiro atoms. The fraction of sp³-hybridized carbons (Fsp3) is 0.208. The Labute approximate surface area is 174 Å². The Morgan fingerprint density at radius 2 is 1.57 bits per heavy atom. The van der Waals surface area contributed by atoms with Crippen LogP contribution in [-0.2, 0) is 4.79 Å². The molecule has 0 unspecified atom stereocenters. The monoisotopic (exact) mass is 398 g/mol. The second-order valence-corrected chi connectivity index (χ2v) is 7.83. The number of carbonyl (C=O) groups excluding carboxylic acids is 1. The number of ether oxygens (including phenoxy) is 1. The van der Waals surface area contributed by atoms with Crippen LogP contribution in [0.3, 0.4) is 0 Å². The average Bonchev–Trinajstić information content (AvgIpc) is 3.19. The van der Waals surface area contributed by atoms with Crippen molar-refractivity contribution in [2.75, 3.05) is 0 Å². The summed E-state index contributed by atoms with van der Waals surface area (Å²) in [7, 11) is 0. The van der Waals surface area contributed by atoms with Crippen LogP contribution in [0.5, 0.6) is 11.5 Å². The second-order valence-electron chi connectivity index (χ2n) is 7.83. The maximum atomic E-state index is 13.6. The summed E-state index contributed by atoms with van der Waals surface area (Å²) in [5.74, 6) is 1.75. The summed E-state index contributed by atoms with van der Waals surface area (Å²) in [6.07, 6.45) is 1.92. The van der Waals surface area contributed by atoms with Crippen molar-refractivity contribution in [3.63, 3.8) is 0 Å². The molecule has 0 aliphatic carbocycles. The molecule has 6 nitrogen and oxygen atoms in total. The van der Waals surface area contributed by atoms with Crippen molar-refractivity contribution < 1.29 is 9.53 Å². The highest BCUT2D eigenvalue weighted by molar-refractivity contribution is 5.90. The molecule has 1 aliphatic rings. The maximum absolute atomic E-state index is 13.6. The molecule has 1 amide bonds. The van der Waals surface area contributed by atoms with Gasteiger partial charge in [0.25, 0.3) is 0 Å². The first-order valence-electron chi connectivity index (χ1n) is 10.1. The van der Waals surface area contributed by atoms with Crippen LogP contribution < -0.4 is 10.1 Å². The molecule has 0 fully saturated rings. The zero-order valence-electron chi connectivity index (χ0n) is 16.8. The van der Waals surface area contributed by atoms with Gasteiger partial charge in [0.2, 0.25) is 5.91 Å². The van der Waals surface area contributed by atoms with E-state index in [9.17, 15) is 4.79 Å². The maximum Gasteiger partial charge on any atom is 0.232 e. The molecule has 1 atom stereocenters. The van der Waals surface area contributed by atoms with Crippen molar-refractivity contribution in [3.8, 4) is 11.5 Å². The highest BCUT2D eigenvalue weighted by Crippen LogP contribution is 2.44. The van der Waals surface area contributed by atoms with E-state index < -0.39 is 5.92 Å². The van der Waals surface area contributed by atoms with Gasteiger partial charge in [-0.1, -0.05) is 56.3 Å². The van der Waals surface area contributed by atoms with Crippen LogP contribution in [0, 0.1) is 5.92 Å². The molecule has 0 radical (unpaired) electrons. The number of hydrogen-bond acceptors (Lipinski definition) is 4. The van der Waals surface area contributed by atoms with Crippen molar-refractivity contribution in [3.05, 3.63) is 89.9 Å². The zero-order chi connectivity index (χ0) is 20.7. The molecule has 1 N–H and O–H groups in total. The minimum Gasteiger partial charge on any atom is -0.457 e. The van der Waals surface area contributed by atoms with Crippen LogP contribution in [0.1, 0.15) is 42.8 Å². The van der Waals surface area contributed by atoms with Crippen molar-refractivity contribution >= 4 is 11.6 Å². The first kappa shape index (κ1) is 18.4. The van der Waals surface area contributed by atoms with Gasteiger partial charge in [0.1, 0.15) is 11.5 Å². The molecule has 30 heavy (non-hydrogen) atoms. The van der Waals surface area contributed by atoms with Gasteiger partial charge in [-0.15, -0.1) is 10.2 Å². The zero-order valence-corrected chi connectivity index (χ0v) is 16.8. The lowest BCUT2D eigenvalue weighted by Crippen LogP contribution is -2.37. The fourth-order valence-corrected chi connectivity index (χ4v) is 4.03. The number of fused-ring (bicyclic) bond motifs is 3. The Balaban J connectivity index is 1.54. The molecule has 0 bridgehead atoms. The molecular weight excluding hydrogens is 376 g/mol. The molecule has 150 valence electrons. The predicted molar refractivity (Wildman–Crippen MR) is 114 cm³/mol. The number of benzene rings is 2. The number of pyridine rings is 1. The number of hydrogen-bond donors (Lipinski definition) is 1. The Morgan fingerprint density at radius 1 is 0.933 bits per heavy atom. The number of rotatable bonds is 4. The number of amides is 1. The van der Waals surface area contributed by atoms with E-state index in [0.29, 0.717) is 11.5 Å². The third-order valence-corrected chi connectivity index (χ3v) is 5.52. The number of carbonyl (C=O) groups is 1. The first-order valence-corrected chi connectivity index (χ1v) is 10.1. The van der Waals surface area contributed by atoms with Gasteiger partial charge in [-0.2, -0.15) is 0 Å². The lowest BCUT2D eigenvalue weighted by atomic mass is 9.86. The van der Waals surface area contributed by atoms with Crippen LogP contribution in [0.4, 0.5) is 0 Å². The van der Waals surface area contributed by atoms with Gasteiger partial charge >= 0.3 is 0 Å². The van der Waals surface area contributed by atoms with Crippen molar-refractivity contribution in [2.45, 2.75) is 25.8 Å². The van der Waals surface area contributed by atoms with Crippen LogP contribution in [-0.4, -0.2) is 20.5 Å². The largest absolute Gasteiger partial charge is 0.457 e. The van der Waals surface area contributed by atoms with Gasteiger partial charge < -0.3 is 10.1 Å². The fourth-order valence-electron chi connectivity index (χ4n) is 4.03. The Kier molecular flexibility index (Phi) is 4.47. The minimum absolute atomic E-state index is 0.0791. The SMILES string of the molecule is CC(C)[C@@H](NC(=O)C1c2ccccc2Oc2ccccc21)c1nnc2ccccn12. The Morgan fingerprint density at radius 3 is 2.23 bits per heavy atom. The molecule has 3 heterocycles. The van der Waals surface area contributed by atoms with E-state index in [2.05, 4.69) is 29.4 Å². The van der Waals surface area contributed by atoms with Gasteiger partial charge in [0.15, 0.2) is 11.5 Å². The number of nitrogens with one attached hydrogen (secondary N) is 1. The van der Waals surface area contributed by atoms with Gasteiger partial charge in [-0.25, -0.2) is 0 Å². The molecular formula is C24H22N4O2. The molecule has 4 aromatic rings. The van der Waals surface area contributed by atoms with Crippen molar-refractivity contribution in [2.24, 2.45) is 5.92 Å². The van der Waals surface area contributed by atoms with Gasteiger partial charge in [0.05, 0.1) is 12.0 Å². The lowest BCUT2D eigenvalue weighted by Gasteiger charge is -2.29. The van der Waals surface area contributed by atoms with Gasteiger partial charge in [-0.3, -0.25) is 9.20 Å². The van der Waals surface area contributed by atoms with Crippen molar-refractivity contribution in [1.29, 1.82) is 0 Å². The molecule has 0 saturated carbocycles. The standard InChI is InChI=1S/C24H22N4O2/c1-15(2)22(23-27-26-20-13-7-8-14-28(20)23)25-24(29)21-16-9-3-5-11-18(16)30-19-12-6-4-10-17(19)21/h3-15,21-22H,1-2H3,(H,25,29)/t22-/m1/s1. The minimum atomic E-state index is -0.452. The van der Waals surface area contributed by atoms with Gasteiger partial charge in [0, 0.05) is 17.3 Å². The van der Waals surface area contributed by atoms with Crippen LogP contribution in [0.25, 0.3) is 5.65 Å². The van der Waals surface area contributed by atoms with E-state index >= 15 is 0 Å². The summed E-state index contributed by atoms with van der Waals surface area (Å²) >= 11 is 0. The topological polar surface area (TPSA) is 68.5 Å².